The van der Waals surface area contributed by atoms with Gasteiger partial charge in [0.25, 0.3) is 6.43 Å². The molecular weight excluding hydrogens is 284 g/mol. The lowest BCUT2D eigenvalue weighted by Crippen LogP contribution is -2.09. The van der Waals surface area contributed by atoms with E-state index in [-0.39, 0.29) is 16.6 Å². The number of methoxy groups -OCH3 is 1. The number of ether oxygens (including phenoxy) is 1. The summed E-state index contributed by atoms with van der Waals surface area (Å²) in [6.07, 6.45) is -2.70. The second-order valence-electron chi connectivity index (χ2n) is 3.16. The Balaban J connectivity index is 3.14. The third kappa shape index (κ3) is 2.98. The summed E-state index contributed by atoms with van der Waals surface area (Å²) in [5.41, 5.74) is 0.501. The lowest BCUT2D eigenvalue weighted by Gasteiger charge is -2.10. The van der Waals surface area contributed by atoms with E-state index in [2.05, 4.69) is 25.7 Å². The van der Waals surface area contributed by atoms with Crippen LogP contribution in [0.2, 0.25) is 0 Å². The van der Waals surface area contributed by atoms with Crippen LogP contribution in [0.5, 0.6) is 0 Å². The summed E-state index contributed by atoms with van der Waals surface area (Å²) >= 11 is 3.03. The average molecular weight is 294 g/mol. The summed E-state index contributed by atoms with van der Waals surface area (Å²) in [5.74, 6) is -0.506. The number of hydrogen-bond acceptors (Lipinski definition) is 3. The summed E-state index contributed by atoms with van der Waals surface area (Å²) < 4.78 is 30.0. The van der Waals surface area contributed by atoms with E-state index in [1.807, 2.05) is 0 Å². The molecule has 0 spiro atoms. The van der Waals surface area contributed by atoms with Gasteiger partial charge in [-0.15, -0.1) is 0 Å². The van der Waals surface area contributed by atoms with E-state index in [9.17, 15) is 13.6 Å². The zero-order valence-corrected chi connectivity index (χ0v) is 10.3. The van der Waals surface area contributed by atoms with E-state index in [0.717, 1.165) is 0 Å². The van der Waals surface area contributed by atoms with E-state index in [4.69, 9.17) is 0 Å². The first-order valence-corrected chi connectivity index (χ1v) is 5.26. The highest BCUT2D eigenvalue weighted by molar-refractivity contribution is 9.10. The molecule has 1 aromatic rings. The van der Waals surface area contributed by atoms with Crippen molar-refractivity contribution >= 4 is 21.9 Å². The van der Waals surface area contributed by atoms with Crippen LogP contribution >= 0.6 is 15.9 Å². The second-order valence-corrected chi connectivity index (χ2v) is 3.97. The van der Waals surface area contributed by atoms with Gasteiger partial charge in [0.05, 0.1) is 19.2 Å². The summed E-state index contributed by atoms with van der Waals surface area (Å²) in [4.78, 5) is 15.0. The fourth-order valence-electron chi connectivity index (χ4n) is 1.26. The first-order chi connectivity index (χ1) is 7.45. The molecule has 6 heteroatoms. The van der Waals surface area contributed by atoms with Gasteiger partial charge < -0.3 is 4.74 Å². The van der Waals surface area contributed by atoms with Crippen molar-refractivity contribution in [1.29, 1.82) is 0 Å². The largest absolute Gasteiger partial charge is 0.469 e. The quantitative estimate of drug-likeness (QED) is 0.635. The zero-order valence-electron chi connectivity index (χ0n) is 8.76. The van der Waals surface area contributed by atoms with Crippen LogP contribution in [0.1, 0.15) is 23.2 Å². The molecule has 0 saturated carbocycles. The number of esters is 1. The molecule has 0 radical (unpaired) electrons. The highest BCUT2D eigenvalue weighted by Gasteiger charge is 2.17. The normalized spacial score (nSPS) is 10.6. The van der Waals surface area contributed by atoms with Crippen molar-refractivity contribution in [2.24, 2.45) is 0 Å². The minimum Gasteiger partial charge on any atom is -0.469 e. The number of nitrogens with zero attached hydrogens (tertiary/aromatic N) is 1. The molecule has 0 N–H and O–H groups in total. The molecule has 88 valence electrons. The van der Waals surface area contributed by atoms with Gasteiger partial charge in [0.1, 0.15) is 4.60 Å². The molecule has 0 aliphatic rings. The van der Waals surface area contributed by atoms with E-state index >= 15 is 0 Å². The van der Waals surface area contributed by atoms with E-state index in [1.165, 1.54) is 20.1 Å². The maximum Gasteiger partial charge on any atom is 0.311 e. The molecule has 1 aromatic heterocycles. The third-order valence-corrected chi connectivity index (χ3v) is 2.56. The molecule has 0 aliphatic heterocycles. The molecule has 1 rings (SSSR count). The number of carbonyl (C=O) groups excluding carboxylic acids is 1. The lowest BCUT2D eigenvalue weighted by atomic mass is 10.1. The van der Waals surface area contributed by atoms with E-state index in [0.29, 0.717) is 11.3 Å². The van der Waals surface area contributed by atoms with Gasteiger partial charge in [-0.2, -0.15) is 0 Å². The number of pyridine rings is 1. The minimum absolute atomic E-state index is 0.110. The van der Waals surface area contributed by atoms with Crippen molar-refractivity contribution in [3.05, 3.63) is 27.5 Å². The van der Waals surface area contributed by atoms with Crippen molar-refractivity contribution in [2.75, 3.05) is 7.11 Å². The van der Waals surface area contributed by atoms with Crippen LogP contribution in [-0.4, -0.2) is 18.1 Å². The first kappa shape index (κ1) is 13.0. The molecular formula is C10H10BrF2NO2. The SMILES string of the molecule is COC(=O)Cc1nc(Br)cc(C(F)F)c1C. The Morgan fingerprint density at radius 3 is 2.75 bits per heavy atom. The van der Waals surface area contributed by atoms with Crippen LogP contribution in [0.3, 0.4) is 0 Å². The predicted octanol–water partition coefficient (Wildman–Crippen LogP) is 2.81. The molecule has 0 fully saturated rings. The van der Waals surface area contributed by atoms with Crippen LogP contribution in [0.15, 0.2) is 10.7 Å². The number of rotatable bonds is 3. The van der Waals surface area contributed by atoms with Crippen molar-refractivity contribution in [1.82, 2.24) is 4.98 Å². The Morgan fingerprint density at radius 1 is 1.62 bits per heavy atom. The molecule has 0 unspecified atom stereocenters. The van der Waals surface area contributed by atoms with Gasteiger partial charge in [0.2, 0.25) is 0 Å². The fourth-order valence-corrected chi connectivity index (χ4v) is 1.72. The number of alkyl halides is 2. The second kappa shape index (κ2) is 5.34. The molecule has 0 amide bonds. The molecule has 16 heavy (non-hydrogen) atoms. The van der Waals surface area contributed by atoms with Crippen LogP contribution in [-0.2, 0) is 16.0 Å². The maximum absolute atomic E-state index is 12.6. The Morgan fingerprint density at radius 2 is 2.25 bits per heavy atom. The van der Waals surface area contributed by atoms with Gasteiger partial charge in [-0.25, -0.2) is 13.8 Å². The third-order valence-electron chi connectivity index (χ3n) is 2.16. The Kier molecular flexibility index (Phi) is 4.35. The highest BCUT2D eigenvalue weighted by Crippen LogP contribution is 2.27. The maximum atomic E-state index is 12.6. The van der Waals surface area contributed by atoms with Gasteiger partial charge in [-0.3, -0.25) is 4.79 Å². The van der Waals surface area contributed by atoms with Gasteiger partial charge in [0.15, 0.2) is 0 Å². The summed E-state index contributed by atoms with van der Waals surface area (Å²) in [6.45, 7) is 1.51. The Labute approximate surface area is 99.9 Å². The zero-order chi connectivity index (χ0) is 12.3. The first-order valence-electron chi connectivity index (χ1n) is 4.46. The van der Waals surface area contributed by atoms with Crippen molar-refractivity contribution in [3.63, 3.8) is 0 Å². The molecule has 0 atom stereocenters. The number of carbonyl (C=O) groups is 1. The van der Waals surface area contributed by atoms with Gasteiger partial charge in [-0.1, -0.05) is 0 Å². The topological polar surface area (TPSA) is 39.2 Å². The molecule has 0 saturated heterocycles. The molecule has 0 aromatic carbocycles. The van der Waals surface area contributed by atoms with Gasteiger partial charge in [-0.05, 0) is 34.5 Å². The number of aromatic nitrogens is 1. The Hall–Kier alpha value is -1.04. The average Bonchev–Trinajstić information content (AvgIpc) is 2.22. The molecule has 1 heterocycles. The monoisotopic (exact) mass is 293 g/mol. The van der Waals surface area contributed by atoms with Crippen LogP contribution in [0.25, 0.3) is 0 Å². The van der Waals surface area contributed by atoms with Gasteiger partial charge in [0, 0.05) is 5.56 Å². The van der Waals surface area contributed by atoms with Crippen LogP contribution in [0.4, 0.5) is 8.78 Å². The van der Waals surface area contributed by atoms with E-state index < -0.39 is 12.4 Å². The van der Waals surface area contributed by atoms with Crippen LogP contribution < -0.4 is 0 Å². The van der Waals surface area contributed by atoms with E-state index in [1.54, 1.807) is 0 Å². The smallest absolute Gasteiger partial charge is 0.311 e. The summed E-state index contributed by atoms with van der Waals surface area (Å²) in [7, 11) is 1.24. The Bertz CT molecular complexity index is 410. The summed E-state index contributed by atoms with van der Waals surface area (Å²) in [5, 5.41) is 0. The minimum atomic E-state index is -2.59. The molecule has 0 aliphatic carbocycles. The van der Waals surface area contributed by atoms with Crippen LogP contribution in [0, 0.1) is 6.92 Å². The lowest BCUT2D eigenvalue weighted by molar-refractivity contribution is -0.139. The van der Waals surface area contributed by atoms with Crippen molar-refractivity contribution < 1.29 is 18.3 Å². The van der Waals surface area contributed by atoms with Gasteiger partial charge >= 0.3 is 5.97 Å². The predicted molar refractivity (Wildman–Crippen MR) is 57.4 cm³/mol. The summed E-state index contributed by atoms with van der Waals surface area (Å²) in [6, 6.07) is 1.25. The fraction of sp³-hybridized carbons (Fsp3) is 0.400. The standard InChI is InChI=1S/C10H10BrF2NO2/c1-5-6(10(12)13)3-8(11)14-7(5)4-9(15)16-2/h3,10H,4H2,1-2H3. The molecule has 0 bridgehead atoms. The highest BCUT2D eigenvalue weighted by atomic mass is 79.9. The number of halogens is 3. The number of hydrogen-bond donors (Lipinski definition) is 0. The van der Waals surface area contributed by atoms with Crippen molar-refractivity contribution in [3.8, 4) is 0 Å². The van der Waals surface area contributed by atoms with Crippen molar-refractivity contribution in [2.45, 2.75) is 19.8 Å². The molecule has 3 nitrogen and oxygen atoms in total.